The first-order chi connectivity index (χ1) is 11.8. The van der Waals surface area contributed by atoms with Crippen LogP contribution < -0.4 is 5.32 Å². The highest BCUT2D eigenvalue weighted by atomic mass is 35.5. The molecule has 0 spiro atoms. The van der Waals surface area contributed by atoms with Crippen molar-refractivity contribution in [2.24, 2.45) is 0 Å². The molecular weight excluding hydrogens is 368 g/mol. The fourth-order valence-corrected chi connectivity index (χ4v) is 2.64. The van der Waals surface area contributed by atoms with Crippen molar-refractivity contribution in [1.29, 1.82) is 0 Å². The van der Waals surface area contributed by atoms with E-state index in [4.69, 9.17) is 27.6 Å². The lowest BCUT2D eigenvalue weighted by molar-refractivity contribution is 0.0994. The summed E-state index contributed by atoms with van der Waals surface area (Å²) in [5, 5.41) is 7.46. The van der Waals surface area contributed by atoms with E-state index in [-0.39, 0.29) is 10.8 Å². The van der Waals surface area contributed by atoms with E-state index in [0.29, 0.717) is 23.0 Å². The molecule has 8 heteroatoms. The monoisotopic (exact) mass is 381 g/mol. The topological polar surface area (TPSA) is 60.1 Å². The van der Waals surface area contributed by atoms with Gasteiger partial charge in [-0.05, 0) is 44.2 Å². The standard InChI is InChI=1S/C17H14Cl2FN3O2/c1-9-16(19)10(2)23(22-9)8-12-4-6-15(25-12)17(24)21-11-3-5-14(20)13(18)7-11/h3-7H,8H2,1-2H3,(H,21,24). The van der Waals surface area contributed by atoms with E-state index < -0.39 is 11.7 Å². The zero-order valence-corrected chi connectivity index (χ0v) is 15.0. The van der Waals surface area contributed by atoms with Crippen molar-refractivity contribution < 1.29 is 13.6 Å². The molecule has 1 aromatic carbocycles. The van der Waals surface area contributed by atoms with Gasteiger partial charge in [-0.3, -0.25) is 9.48 Å². The minimum Gasteiger partial charge on any atom is -0.454 e. The Morgan fingerprint density at radius 2 is 2.04 bits per heavy atom. The number of carbonyl (C=O) groups is 1. The lowest BCUT2D eigenvalue weighted by Crippen LogP contribution is -2.11. The Morgan fingerprint density at radius 1 is 1.28 bits per heavy atom. The number of aryl methyl sites for hydroxylation is 1. The number of furan rings is 1. The molecule has 130 valence electrons. The first kappa shape index (κ1) is 17.5. The summed E-state index contributed by atoms with van der Waals surface area (Å²) in [6.45, 7) is 4.03. The van der Waals surface area contributed by atoms with Gasteiger partial charge in [0.25, 0.3) is 5.91 Å². The Bertz CT molecular complexity index is 950. The highest BCUT2D eigenvalue weighted by molar-refractivity contribution is 6.31. The summed E-state index contributed by atoms with van der Waals surface area (Å²) in [5.41, 5.74) is 1.93. The number of anilines is 1. The van der Waals surface area contributed by atoms with Gasteiger partial charge in [0.05, 0.1) is 28.0 Å². The Balaban J connectivity index is 1.73. The van der Waals surface area contributed by atoms with Crippen LogP contribution in [0.4, 0.5) is 10.1 Å². The third-order valence-electron chi connectivity index (χ3n) is 3.66. The van der Waals surface area contributed by atoms with Gasteiger partial charge in [-0.1, -0.05) is 23.2 Å². The number of carbonyl (C=O) groups excluding carboxylic acids is 1. The van der Waals surface area contributed by atoms with E-state index >= 15 is 0 Å². The van der Waals surface area contributed by atoms with Gasteiger partial charge in [0.15, 0.2) is 5.76 Å². The lowest BCUT2D eigenvalue weighted by Gasteiger charge is -2.04. The fraction of sp³-hybridized carbons (Fsp3) is 0.176. The minimum absolute atomic E-state index is 0.0701. The highest BCUT2D eigenvalue weighted by Crippen LogP contribution is 2.22. The fourth-order valence-electron chi connectivity index (χ4n) is 2.33. The quantitative estimate of drug-likeness (QED) is 0.703. The molecule has 3 aromatic rings. The number of benzene rings is 1. The van der Waals surface area contributed by atoms with Crippen molar-refractivity contribution in [2.45, 2.75) is 20.4 Å². The Hall–Kier alpha value is -2.31. The maximum absolute atomic E-state index is 13.2. The zero-order chi connectivity index (χ0) is 18.1. The van der Waals surface area contributed by atoms with E-state index in [0.717, 1.165) is 11.4 Å². The second-order valence-corrected chi connectivity index (χ2v) is 6.28. The van der Waals surface area contributed by atoms with Gasteiger partial charge in [-0.25, -0.2) is 4.39 Å². The largest absolute Gasteiger partial charge is 0.454 e. The van der Waals surface area contributed by atoms with E-state index in [1.165, 1.54) is 18.2 Å². The normalized spacial score (nSPS) is 10.9. The molecule has 0 aliphatic heterocycles. The van der Waals surface area contributed by atoms with Crippen LogP contribution in [0.25, 0.3) is 0 Å². The number of nitrogens with zero attached hydrogens (tertiary/aromatic N) is 2. The molecule has 0 radical (unpaired) electrons. The molecule has 5 nitrogen and oxygen atoms in total. The van der Waals surface area contributed by atoms with Crippen LogP contribution in [0, 0.1) is 19.7 Å². The molecule has 0 unspecified atom stereocenters. The summed E-state index contributed by atoms with van der Waals surface area (Å²) in [7, 11) is 0. The number of rotatable bonds is 4. The maximum atomic E-state index is 13.2. The summed E-state index contributed by atoms with van der Waals surface area (Å²) < 4.78 is 20.4. The van der Waals surface area contributed by atoms with Crippen molar-refractivity contribution >= 4 is 34.8 Å². The van der Waals surface area contributed by atoms with Gasteiger partial charge in [0, 0.05) is 5.69 Å². The summed E-state index contributed by atoms with van der Waals surface area (Å²) in [4.78, 5) is 12.2. The molecule has 0 saturated heterocycles. The van der Waals surface area contributed by atoms with Gasteiger partial charge >= 0.3 is 0 Å². The second kappa shape index (κ2) is 6.90. The van der Waals surface area contributed by atoms with E-state index in [9.17, 15) is 9.18 Å². The van der Waals surface area contributed by atoms with Crippen LogP contribution in [-0.4, -0.2) is 15.7 Å². The van der Waals surface area contributed by atoms with Crippen molar-refractivity contribution in [3.05, 3.63) is 69.1 Å². The van der Waals surface area contributed by atoms with Crippen LogP contribution >= 0.6 is 23.2 Å². The molecule has 0 aliphatic rings. The van der Waals surface area contributed by atoms with Gasteiger partial charge in [-0.2, -0.15) is 5.10 Å². The first-order valence-corrected chi connectivity index (χ1v) is 8.15. The number of halogens is 3. The molecule has 1 N–H and O–H groups in total. The zero-order valence-electron chi connectivity index (χ0n) is 13.4. The Morgan fingerprint density at radius 3 is 2.68 bits per heavy atom. The van der Waals surface area contributed by atoms with E-state index in [1.54, 1.807) is 16.8 Å². The number of nitrogens with one attached hydrogen (secondary N) is 1. The number of hydrogen-bond donors (Lipinski definition) is 1. The third-order valence-corrected chi connectivity index (χ3v) is 4.50. The molecular formula is C17H14Cl2FN3O2. The molecule has 2 aromatic heterocycles. The number of aromatic nitrogens is 2. The molecule has 0 bridgehead atoms. The van der Waals surface area contributed by atoms with Crippen molar-refractivity contribution in [1.82, 2.24) is 9.78 Å². The van der Waals surface area contributed by atoms with Crippen molar-refractivity contribution in [2.75, 3.05) is 5.32 Å². The molecule has 25 heavy (non-hydrogen) atoms. The van der Waals surface area contributed by atoms with Crippen LogP contribution in [0.3, 0.4) is 0 Å². The van der Waals surface area contributed by atoms with Crippen molar-refractivity contribution in [3.63, 3.8) is 0 Å². The Kier molecular flexibility index (Phi) is 4.83. The molecule has 3 rings (SSSR count). The smallest absolute Gasteiger partial charge is 0.291 e. The summed E-state index contributed by atoms with van der Waals surface area (Å²) in [6, 6.07) is 7.18. The average Bonchev–Trinajstić information content (AvgIpc) is 3.13. The van der Waals surface area contributed by atoms with Gasteiger partial charge in [0.1, 0.15) is 11.6 Å². The molecule has 0 atom stereocenters. The molecule has 2 heterocycles. The van der Waals surface area contributed by atoms with Crippen LogP contribution in [0.5, 0.6) is 0 Å². The van der Waals surface area contributed by atoms with Crippen molar-refractivity contribution in [3.8, 4) is 0 Å². The summed E-state index contributed by atoms with van der Waals surface area (Å²) in [5.74, 6) is -0.323. The SMILES string of the molecule is Cc1nn(Cc2ccc(C(=O)Nc3ccc(F)c(Cl)c3)o2)c(C)c1Cl. The number of amides is 1. The predicted molar refractivity (Wildman–Crippen MR) is 93.9 cm³/mol. The van der Waals surface area contributed by atoms with E-state index in [2.05, 4.69) is 10.4 Å². The highest BCUT2D eigenvalue weighted by Gasteiger charge is 2.15. The van der Waals surface area contributed by atoms with E-state index in [1.807, 2.05) is 13.8 Å². The molecule has 0 aliphatic carbocycles. The number of hydrogen-bond acceptors (Lipinski definition) is 3. The first-order valence-electron chi connectivity index (χ1n) is 7.40. The lowest BCUT2D eigenvalue weighted by atomic mass is 10.3. The van der Waals surface area contributed by atoms with Gasteiger partial charge in [0.2, 0.25) is 0 Å². The molecule has 0 fully saturated rings. The molecule has 0 saturated carbocycles. The minimum atomic E-state index is -0.552. The summed E-state index contributed by atoms with van der Waals surface area (Å²) >= 11 is 11.8. The summed E-state index contributed by atoms with van der Waals surface area (Å²) in [6.07, 6.45) is 0. The van der Waals surface area contributed by atoms with Crippen LogP contribution in [0.2, 0.25) is 10.0 Å². The average molecular weight is 382 g/mol. The predicted octanol–water partition coefficient (Wildman–Crippen LogP) is 4.84. The Labute approximate surface area is 153 Å². The third kappa shape index (κ3) is 3.70. The van der Waals surface area contributed by atoms with Gasteiger partial charge in [-0.15, -0.1) is 0 Å². The van der Waals surface area contributed by atoms with Gasteiger partial charge < -0.3 is 9.73 Å². The van der Waals surface area contributed by atoms with Crippen LogP contribution in [-0.2, 0) is 6.54 Å². The molecule has 1 amide bonds. The second-order valence-electron chi connectivity index (χ2n) is 5.49. The maximum Gasteiger partial charge on any atom is 0.291 e. The van der Waals surface area contributed by atoms with Crippen LogP contribution in [0.1, 0.15) is 27.7 Å². The van der Waals surface area contributed by atoms with Crippen LogP contribution in [0.15, 0.2) is 34.7 Å².